The van der Waals surface area contributed by atoms with E-state index in [1.54, 1.807) is 13.8 Å². The monoisotopic (exact) mass is 422 g/mol. The van der Waals surface area contributed by atoms with Crippen LogP contribution in [0.4, 0.5) is 13.2 Å². The fraction of sp³-hybridized carbons (Fsp3) is 0.400. The molecule has 7 nitrogen and oxygen atoms in total. The lowest BCUT2D eigenvalue weighted by molar-refractivity contribution is -0.145. The highest BCUT2D eigenvalue weighted by molar-refractivity contribution is 5.69. The summed E-state index contributed by atoms with van der Waals surface area (Å²) in [7, 11) is 0. The number of hydrogen-bond donors (Lipinski definition) is 0. The molecule has 30 heavy (non-hydrogen) atoms. The third-order valence-corrected chi connectivity index (χ3v) is 4.52. The smallest absolute Gasteiger partial charge is 0.453 e. The molecule has 0 unspecified atom stereocenters. The van der Waals surface area contributed by atoms with Crippen LogP contribution in [0.1, 0.15) is 34.8 Å². The highest BCUT2D eigenvalue weighted by Crippen LogP contribution is 2.27. The van der Waals surface area contributed by atoms with Gasteiger partial charge in [0, 0.05) is 17.8 Å². The molecule has 0 bridgehead atoms. The van der Waals surface area contributed by atoms with E-state index in [2.05, 4.69) is 15.1 Å². The Morgan fingerprint density at radius 2 is 1.77 bits per heavy atom. The minimum atomic E-state index is -4.65. The second-order valence-electron chi connectivity index (χ2n) is 6.79. The van der Waals surface area contributed by atoms with Gasteiger partial charge in [0.1, 0.15) is 19.0 Å². The molecule has 160 valence electrons. The molecule has 3 rings (SSSR count). The number of alkyl halides is 3. The number of rotatable bonds is 7. The van der Waals surface area contributed by atoms with Crippen LogP contribution in [0.3, 0.4) is 0 Å². The van der Waals surface area contributed by atoms with Crippen molar-refractivity contribution in [3.8, 4) is 5.75 Å². The van der Waals surface area contributed by atoms with E-state index < -0.39 is 18.0 Å². The molecule has 0 spiro atoms. The number of ether oxygens (including phenoxy) is 2. The molecular formula is C20H21F3N4O3. The molecule has 2 aromatic heterocycles. The third-order valence-electron chi connectivity index (χ3n) is 4.52. The van der Waals surface area contributed by atoms with E-state index in [9.17, 15) is 18.0 Å². The molecule has 0 aliphatic carbocycles. The van der Waals surface area contributed by atoms with Crippen LogP contribution in [0.5, 0.6) is 5.75 Å². The van der Waals surface area contributed by atoms with Crippen LogP contribution in [-0.4, -0.2) is 38.8 Å². The first kappa shape index (κ1) is 21.5. The average Bonchev–Trinajstić information content (AvgIpc) is 3.11. The number of halogens is 3. The van der Waals surface area contributed by atoms with E-state index in [0.717, 1.165) is 10.1 Å². The number of carbonyl (C=O) groups is 1. The van der Waals surface area contributed by atoms with Crippen LogP contribution in [0.25, 0.3) is 5.78 Å². The zero-order valence-electron chi connectivity index (χ0n) is 16.8. The molecule has 10 heteroatoms. The Labute approximate surface area is 170 Å². The maximum Gasteiger partial charge on any atom is 0.453 e. The molecule has 1 aromatic carbocycles. The predicted octanol–water partition coefficient (Wildman–Crippen LogP) is 3.62. The normalized spacial score (nSPS) is 11.7. The summed E-state index contributed by atoms with van der Waals surface area (Å²) in [5.41, 5.74) is 2.70. The molecule has 3 aromatic rings. The molecule has 0 fully saturated rings. The van der Waals surface area contributed by atoms with Gasteiger partial charge in [-0.25, -0.2) is 9.50 Å². The van der Waals surface area contributed by atoms with Crippen LogP contribution >= 0.6 is 0 Å². The third kappa shape index (κ3) is 5.05. The minimum Gasteiger partial charge on any atom is -0.490 e. The SMILES string of the molecule is Cc1ccc(OCCOC(=O)CCc2c(C)nc3nc(C(F)(F)F)nn3c2C)cc1. The topological polar surface area (TPSA) is 78.6 Å². The van der Waals surface area contributed by atoms with Gasteiger partial charge < -0.3 is 9.47 Å². The van der Waals surface area contributed by atoms with Gasteiger partial charge in [0.05, 0.1) is 0 Å². The average molecular weight is 422 g/mol. The van der Waals surface area contributed by atoms with E-state index in [-0.39, 0.29) is 31.8 Å². The van der Waals surface area contributed by atoms with E-state index in [1.807, 2.05) is 31.2 Å². The number of carbonyl (C=O) groups excluding carboxylic acids is 1. The quantitative estimate of drug-likeness (QED) is 0.428. The van der Waals surface area contributed by atoms with Gasteiger partial charge in [0.25, 0.3) is 11.6 Å². The molecule has 0 radical (unpaired) electrons. The van der Waals surface area contributed by atoms with Crippen LogP contribution in [0, 0.1) is 20.8 Å². The minimum absolute atomic E-state index is 0.0558. The largest absolute Gasteiger partial charge is 0.490 e. The Hall–Kier alpha value is -3.17. The standard InChI is InChI=1S/C20H21F3N4O3/c1-12-4-6-15(7-5-12)29-10-11-30-17(28)9-8-16-13(2)24-19-25-18(20(21,22)23)26-27(19)14(16)3/h4-7H,8-11H2,1-3H3. The molecule has 0 saturated heterocycles. The zero-order chi connectivity index (χ0) is 21.9. The van der Waals surface area contributed by atoms with Crippen molar-refractivity contribution >= 4 is 11.7 Å². The van der Waals surface area contributed by atoms with E-state index in [4.69, 9.17) is 9.47 Å². The Morgan fingerprint density at radius 3 is 2.43 bits per heavy atom. The summed E-state index contributed by atoms with van der Waals surface area (Å²) in [6, 6.07) is 7.51. The van der Waals surface area contributed by atoms with Crippen LogP contribution < -0.4 is 4.74 Å². The van der Waals surface area contributed by atoms with E-state index in [1.165, 1.54) is 0 Å². The van der Waals surface area contributed by atoms with Crippen molar-refractivity contribution in [1.82, 2.24) is 19.6 Å². The number of hydrogen-bond acceptors (Lipinski definition) is 6. The Morgan fingerprint density at radius 1 is 1.07 bits per heavy atom. The highest BCUT2D eigenvalue weighted by atomic mass is 19.4. The Bertz CT molecular complexity index is 1050. The number of aryl methyl sites for hydroxylation is 3. The van der Waals surface area contributed by atoms with Crippen molar-refractivity contribution in [2.75, 3.05) is 13.2 Å². The maximum atomic E-state index is 12.8. The first-order valence-electron chi connectivity index (χ1n) is 9.30. The van der Waals surface area contributed by atoms with E-state index >= 15 is 0 Å². The highest BCUT2D eigenvalue weighted by Gasteiger charge is 2.36. The molecular weight excluding hydrogens is 401 g/mol. The Kier molecular flexibility index (Phi) is 6.23. The summed E-state index contributed by atoms with van der Waals surface area (Å²) in [4.78, 5) is 19.5. The summed E-state index contributed by atoms with van der Waals surface area (Å²) in [5, 5.41) is 3.49. The van der Waals surface area contributed by atoms with Crippen molar-refractivity contribution in [1.29, 1.82) is 0 Å². The number of nitrogens with zero attached hydrogens (tertiary/aromatic N) is 4. The lowest BCUT2D eigenvalue weighted by Gasteiger charge is -2.11. The van der Waals surface area contributed by atoms with Gasteiger partial charge in [-0.1, -0.05) is 17.7 Å². The van der Waals surface area contributed by atoms with Gasteiger partial charge in [0.2, 0.25) is 0 Å². The maximum absolute atomic E-state index is 12.8. The van der Waals surface area contributed by atoms with Crippen molar-refractivity contribution in [2.45, 2.75) is 39.8 Å². The molecule has 0 N–H and O–H groups in total. The Balaban J connectivity index is 1.55. The molecule has 0 amide bonds. The number of esters is 1. The first-order valence-corrected chi connectivity index (χ1v) is 9.30. The van der Waals surface area contributed by atoms with Gasteiger partial charge in [-0.15, -0.1) is 5.10 Å². The predicted molar refractivity (Wildman–Crippen MR) is 101 cm³/mol. The van der Waals surface area contributed by atoms with Gasteiger partial charge in [-0.2, -0.15) is 18.2 Å². The summed E-state index contributed by atoms with van der Waals surface area (Å²) in [5.74, 6) is -1.12. The van der Waals surface area contributed by atoms with Crippen molar-refractivity contribution in [2.24, 2.45) is 0 Å². The van der Waals surface area contributed by atoms with Crippen LogP contribution in [0.15, 0.2) is 24.3 Å². The van der Waals surface area contributed by atoms with Crippen molar-refractivity contribution < 1.29 is 27.4 Å². The van der Waals surface area contributed by atoms with Gasteiger partial charge in [0.15, 0.2) is 0 Å². The molecule has 0 atom stereocenters. The second-order valence-corrected chi connectivity index (χ2v) is 6.79. The molecule has 0 saturated carbocycles. The molecule has 0 aliphatic heterocycles. The lowest BCUT2D eigenvalue weighted by atomic mass is 10.1. The van der Waals surface area contributed by atoms with Crippen molar-refractivity contribution in [3.05, 3.63) is 52.6 Å². The number of fused-ring (bicyclic) bond motifs is 1. The van der Waals surface area contributed by atoms with Crippen LogP contribution in [0.2, 0.25) is 0 Å². The first-order chi connectivity index (χ1) is 14.1. The summed E-state index contributed by atoms with van der Waals surface area (Å²) < 4.78 is 50.2. The fourth-order valence-corrected chi connectivity index (χ4v) is 2.94. The number of benzene rings is 1. The molecule has 0 aliphatic rings. The van der Waals surface area contributed by atoms with Crippen molar-refractivity contribution in [3.63, 3.8) is 0 Å². The summed E-state index contributed by atoms with van der Waals surface area (Å²) in [6.07, 6.45) is -4.33. The van der Waals surface area contributed by atoms with E-state index in [0.29, 0.717) is 22.7 Å². The fourth-order valence-electron chi connectivity index (χ4n) is 2.94. The summed E-state index contributed by atoms with van der Waals surface area (Å²) in [6.45, 7) is 5.57. The van der Waals surface area contributed by atoms with Gasteiger partial charge in [-0.3, -0.25) is 4.79 Å². The summed E-state index contributed by atoms with van der Waals surface area (Å²) >= 11 is 0. The second kappa shape index (κ2) is 8.68. The van der Waals surface area contributed by atoms with Gasteiger partial charge in [-0.05, 0) is 44.9 Å². The number of aromatic nitrogens is 4. The zero-order valence-corrected chi connectivity index (χ0v) is 16.8. The lowest BCUT2D eigenvalue weighted by Crippen LogP contribution is -2.14. The molecule has 2 heterocycles. The van der Waals surface area contributed by atoms with Gasteiger partial charge >= 0.3 is 12.1 Å². The van der Waals surface area contributed by atoms with Crippen LogP contribution in [-0.2, 0) is 22.1 Å².